The topological polar surface area (TPSA) is 40.0 Å². The molecule has 2 aliphatic heterocycles. The molecule has 1 unspecified atom stereocenters. The van der Waals surface area contributed by atoms with Crippen molar-refractivity contribution in [3.8, 4) is 5.75 Å². The van der Waals surface area contributed by atoms with Crippen molar-refractivity contribution in [2.75, 3.05) is 55.1 Å². The van der Waals surface area contributed by atoms with Gasteiger partial charge in [0, 0.05) is 45.6 Å². The summed E-state index contributed by atoms with van der Waals surface area (Å²) < 4.78 is 7.87. The van der Waals surface area contributed by atoms with E-state index in [0.717, 1.165) is 51.3 Å². The Morgan fingerprint density at radius 1 is 0.970 bits per heavy atom. The maximum atomic E-state index is 5.62. The van der Waals surface area contributed by atoms with E-state index >= 15 is 0 Å². The second-order valence-electron chi connectivity index (χ2n) is 8.82. The van der Waals surface area contributed by atoms with E-state index in [0.29, 0.717) is 6.17 Å². The zero-order valence-corrected chi connectivity index (χ0v) is 19.9. The van der Waals surface area contributed by atoms with Gasteiger partial charge in [0.2, 0.25) is 0 Å². The van der Waals surface area contributed by atoms with Gasteiger partial charge in [-0.3, -0.25) is 19.6 Å². The van der Waals surface area contributed by atoms with Crippen LogP contribution in [0.15, 0.2) is 61.1 Å². The number of piperazine rings is 1. The van der Waals surface area contributed by atoms with E-state index in [1.165, 1.54) is 22.8 Å². The molecule has 1 fully saturated rings. The van der Waals surface area contributed by atoms with Crippen molar-refractivity contribution in [2.24, 2.45) is 0 Å². The molecule has 0 amide bonds. The number of hydrogen-bond donors (Lipinski definition) is 0. The molecule has 2 aliphatic rings. The second-order valence-corrected chi connectivity index (χ2v) is 8.82. The highest BCUT2D eigenvalue weighted by Crippen LogP contribution is 2.36. The summed E-state index contributed by atoms with van der Waals surface area (Å²) in [5.41, 5.74) is 4.88. The van der Waals surface area contributed by atoms with Gasteiger partial charge in [0.1, 0.15) is 5.75 Å². The first-order valence-electron chi connectivity index (χ1n) is 11.9. The maximum absolute atomic E-state index is 5.62. The van der Waals surface area contributed by atoms with Crippen molar-refractivity contribution < 1.29 is 4.74 Å². The molecule has 2 aromatic heterocycles. The van der Waals surface area contributed by atoms with Crippen molar-refractivity contribution in [2.45, 2.75) is 32.5 Å². The van der Waals surface area contributed by atoms with E-state index in [1.807, 2.05) is 24.5 Å². The number of methoxy groups -OCH3 is 1. The van der Waals surface area contributed by atoms with Gasteiger partial charge in [-0.25, -0.2) is 0 Å². The van der Waals surface area contributed by atoms with Crippen molar-refractivity contribution in [1.82, 2.24) is 14.6 Å². The van der Waals surface area contributed by atoms with Gasteiger partial charge in [-0.2, -0.15) is 0 Å². The van der Waals surface area contributed by atoms with Gasteiger partial charge >= 0.3 is 0 Å². The monoisotopic (exact) mass is 446 g/mol. The lowest BCUT2D eigenvalue weighted by Gasteiger charge is -2.45. The molecule has 0 radical (unpaired) electrons. The summed E-state index contributed by atoms with van der Waals surface area (Å²) in [4.78, 5) is 12.2. The Kier molecular flexibility index (Phi) is 6.13. The summed E-state index contributed by atoms with van der Waals surface area (Å²) in [7, 11) is 3.89. The molecular weight excluding hydrogens is 412 g/mol. The summed E-state index contributed by atoms with van der Waals surface area (Å²) in [6.45, 7) is 7.18. The van der Waals surface area contributed by atoms with E-state index in [1.54, 1.807) is 7.11 Å². The van der Waals surface area contributed by atoms with E-state index in [4.69, 9.17) is 4.74 Å². The summed E-state index contributed by atoms with van der Waals surface area (Å²) in [6.07, 6.45) is 8.65. The normalized spacial score (nSPS) is 17.4. The molecule has 1 aromatic carbocycles. The Morgan fingerprint density at radius 3 is 2.58 bits per heavy atom. The Morgan fingerprint density at radius 2 is 1.79 bits per heavy atom. The quantitative estimate of drug-likeness (QED) is 0.569. The van der Waals surface area contributed by atoms with Crippen LogP contribution >= 0.6 is 0 Å². The molecule has 4 heterocycles. The first-order valence-corrected chi connectivity index (χ1v) is 11.9. The van der Waals surface area contributed by atoms with Gasteiger partial charge in [-0.05, 0) is 36.8 Å². The lowest BCUT2D eigenvalue weighted by molar-refractivity contribution is 0.167. The number of hydrogen-bond acceptors (Lipinski definition) is 6. The summed E-state index contributed by atoms with van der Waals surface area (Å²) in [5, 5.41) is 2.23. The molecule has 33 heavy (non-hydrogen) atoms. The fraction of sp³-hybridized carbons (Fsp3) is 0.423. The molecule has 5 rings (SSSR count). The van der Waals surface area contributed by atoms with Crippen LogP contribution in [0.3, 0.4) is 0 Å². The van der Waals surface area contributed by atoms with Crippen LogP contribution in [-0.4, -0.2) is 61.1 Å². The third-order valence-corrected chi connectivity index (χ3v) is 6.97. The van der Waals surface area contributed by atoms with Crippen LogP contribution in [0.2, 0.25) is 0 Å². The Labute approximate surface area is 196 Å². The standard InChI is InChI=1S/C26H34N6O/c1-4-8-26(30-17-15-29(16-18-30)23-10-5-6-11-25(23)33-3)31-20-21-9-7-14-32(21)28(2)22-12-13-27-19-24(22)31/h5-7,9-14,19,26H,4,8,15-18,20H2,1-3H3. The van der Waals surface area contributed by atoms with E-state index in [9.17, 15) is 0 Å². The minimum atomic E-state index is 0.326. The molecule has 0 saturated carbocycles. The predicted octanol–water partition coefficient (Wildman–Crippen LogP) is 4.06. The summed E-state index contributed by atoms with van der Waals surface area (Å²) in [5.74, 6) is 0.951. The highest BCUT2D eigenvalue weighted by molar-refractivity contribution is 5.71. The number of nitrogens with zero attached hydrogens (tertiary/aromatic N) is 6. The van der Waals surface area contributed by atoms with E-state index < -0.39 is 0 Å². The van der Waals surface area contributed by atoms with Crippen LogP contribution in [0.4, 0.5) is 17.1 Å². The van der Waals surface area contributed by atoms with Gasteiger partial charge in [0.15, 0.2) is 0 Å². The molecule has 1 saturated heterocycles. The predicted molar refractivity (Wildman–Crippen MR) is 134 cm³/mol. The number of rotatable bonds is 6. The molecule has 3 aromatic rings. The average molecular weight is 447 g/mol. The average Bonchev–Trinajstić information content (AvgIpc) is 3.30. The largest absolute Gasteiger partial charge is 0.495 e. The number of aromatic nitrogens is 2. The molecule has 0 N–H and O–H groups in total. The lowest BCUT2D eigenvalue weighted by atomic mass is 10.1. The van der Waals surface area contributed by atoms with Crippen LogP contribution in [0.5, 0.6) is 5.75 Å². The minimum Gasteiger partial charge on any atom is -0.495 e. The third-order valence-electron chi connectivity index (χ3n) is 6.97. The highest BCUT2D eigenvalue weighted by Gasteiger charge is 2.32. The molecule has 0 spiro atoms. The fourth-order valence-corrected chi connectivity index (χ4v) is 5.29. The van der Waals surface area contributed by atoms with Crippen LogP contribution < -0.4 is 19.5 Å². The van der Waals surface area contributed by atoms with E-state index in [-0.39, 0.29) is 0 Å². The van der Waals surface area contributed by atoms with E-state index in [2.05, 4.69) is 79.9 Å². The summed E-state index contributed by atoms with van der Waals surface area (Å²) in [6, 6.07) is 14.8. The number of para-hydroxylation sites is 2. The first-order chi connectivity index (χ1) is 16.2. The van der Waals surface area contributed by atoms with Crippen molar-refractivity contribution in [3.05, 3.63) is 66.7 Å². The molecule has 0 bridgehead atoms. The van der Waals surface area contributed by atoms with Crippen molar-refractivity contribution in [3.63, 3.8) is 0 Å². The number of pyridine rings is 1. The fourth-order valence-electron chi connectivity index (χ4n) is 5.29. The molecule has 7 nitrogen and oxygen atoms in total. The lowest BCUT2D eigenvalue weighted by Crippen LogP contribution is -2.56. The van der Waals surface area contributed by atoms with Crippen LogP contribution in [0.25, 0.3) is 0 Å². The Hall–Kier alpha value is -3.19. The van der Waals surface area contributed by atoms with Crippen LogP contribution in [0.1, 0.15) is 25.5 Å². The number of fused-ring (bicyclic) bond motifs is 2. The molecular formula is C26H34N6O. The molecule has 1 atom stereocenters. The number of anilines is 3. The van der Waals surface area contributed by atoms with Gasteiger partial charge in [0.05, 0.1) is 48.8 Å². The SMILES string of the molecule is CCCC(N1CCN(c2ccccc2OC)CC1)N1Cc2cccn2N(C)c2ccncc21. The first kappa shape index (κ1) is 21.6. The van der Waals surface area contributed by atoms with Crippen molar-refractivity contribution in [1.29, 1.82) is 0 Å². The van der Waals surface area contributed by atoms with Gasteiger partial charge < -0.3 is 14.5 Å². The van der Waals surface area contributed by atoms with Crippen LogP contribution in [-0.2, 0) is 6.54 Å². The van der Waals surface area contributed by atoms with Gasteiger partial charge in [-0.15, -0.1) is 0 Å². The van der Waals surface area contributed by atoms with Crippen molar-refractivity contribution >= 4 is 17.1 Å². The number of benzene rings is 1. The smallest absolute Gasteiger partial charge is 0.142 e. The third kappa shape index (κ3) is 4.02. The summed E-state index contributed by atoms with van der Waals surface area (Å²) >= 11 is 0. The zero-order valence-electron chi connectivity index (χ0n) is 19.9. The maximum Gasteiger partial charge on any atom is 0.142 e. The Balaban J connectivity index is 1.42. The minimum absolute atomic E-state index is 0.326. The number of ether oxygens (including phenoxy) is 1. The molecule has 174 valence electrons. The molecule has 0 aliphatic carbocycles. The second kappa shape index (κ2) is 9.35. The zero-order chi connectivity index (χ0) is 22.8. The van der Waals surface area contributed by atoms with Crippen LogP contribution in [0, 0.1) is 0 Å². The van der Waals surface area contributed by atoms with Gasteiger partial charge in [-0.1, -0.05) is 25.5 Å². The highest BCUT2D eigenvalue weighted by atomic mass is 16.5. The van der Waals surface area contributed by atoms with Gasteiger partial charge in [0.25, 0.3) is 0 Å². The Bertz CT molecular complexity index is 1070. The molecule has 7 heteroatoms.